The van der Waals surface area contributed by atoms with Gasteiger partial charge in [-0.1, -0.05) is 44.2 Å². The fraction of sp³-hybridized carbons (Fsp3) is 0.560. The zero-order valence-corrected chi connectivity index (χ0v) is 20.0. The van der Waals surface area contributed by atoms with Crippen molar-refractivity contribution in [2.45, 2.75) is 72.4 Å². The lowest BCUT2D eigenvalue weighted by Gasteiger charge is -2.44. The molecule has 32 heavy (non-hydrogen) atoms. The minimum Gasteiger partial charge on any atom is -0.444 e. The van der Waals surface area contributed by atoms with E-state index in [1.54, 1.807) is 4.90 Å². The number of aromatic nitrogens is 1. The number of amides is 2. The van der Waals surface area contributed by atoms with E-state index in [1.165, 1.54) is 0 Å². The number of benzene rings is 1. The van der Waals surface area contributed by atoms with Crippen molar-refractivity contribution in [3.05, 3.63) is 41.9 Å². The molecule has 7 heteroatoms. The van der Waals surface area contributed by atoms with E-state index in [2.05, 4.69) is 24.1 Å². The topological polar surface area (TPSA) is 84.7 Å². The fourth-order valence-corrected chi connectivity index (χ4v) is 4.01. The Hall–Kier alpha value is -2.83. The molecule has 1 N–H and O–H groups in total. The molecule has 1 aliphatic rings. The number of hydrogen-bond acceptors (Lipinski definition) is 5. The molecule has 2 aromatic rings. The summed E-state index contributed by atoms with van der Waals surface area (Å²) in [6, 6.07) is 9.83. The van der Waals surface area contributed by atoms with Crippen molar-refractivity contribution in [2.24, 2.45) is 5.41 Å². The third-order valence-corrected chi connectivity index (χ3v) is 5.66. The summed E-state index contributed by atoms with van der Waals surface area (Å²) in [6.07, 6.45) is 1.13. The van der Waals surface area contributed by atoms with Crippen LogP contribution in [0.1, 0.15) is 59.0 Å². The zero-order chi connectivity index (χ0) is 23.5. The molecular formula is C25H35N3O4. The number of carbonyl (C=O) groups is 2. The van der Waals surface area contributed by atoms with Gasteiger partial charge in [0.1, 0.15) is 5.60 Å². The summed E-state index contributed by atoms with van der Waals surface area (Å²) in [4.78, 5) is 31.3. The van der Waals surface area contributed by atoms with Crippen molar-refractivity contribution >= 4 is 12.0 Å². The highest BCUT2D eigenvalue weighted by Crippen LogP contribution is 2.30. The van der Waals surface area contributed by atoms with E-state index in [1.807, 2.05) is 58.0 Å². The van der Waals surface area contributed by atoms with Crippen LogP contribution in [0.3, 0.4) is 0 Å². The molecule has 1 aromatic heterocycles. The van der Waals surface area contributed by atoms with Crippen LogP contribution in [-0.2, 0) is 16.0 Å². The standard InChI is InChI=1S/C25H35N3O4/c1-17-22(18-10-8-7-9-11-18)31-21(26-17)13-12-20(29)27-19-14-15-28(16-25(19,5)6)23(30)32-24(2,3)4/h7-11,19H,12-16H2,1-6H3,(H,27,29)/t19-/m0/s1. The van der Waals surface area contributed by atoms with Crippen molar-refractivity contribution in [1.82, 2.24) is 15.2 Å². The van der Waals surface area contributed by atoms with Gasteiger partial charge in [-0.15, -0.1) is 0 Å². The molecule has 0 unspecified atom stereocenters. The maximum absolute atomic E-state index is 12.7. The molecule has 0 spiro atoms. The Morgan fingerprint density at radius 3 is 2.56 bits per heavy atom. The Kier molecular flexibility index (Phi) is 6.96. The molecule has 0 radical (unpaired) electrons. The first kappa shape index (κ1) is 23.8. The van der Waals surface area contributed by atoms with Gasteiger partial charge in [0.15, 0.2) is 11.7 Å². The van der Waals surface area contributed by atoms with Gasteiger partial charge in [-0.25, -0.2) is 9.78 Å². The van der Waals surface area contributed by atoms with Crippen LogP contribution in [0.5, 0.6) is 0 Å². The van der Waals surface area contributed by atoms with Crippen LogP contribution >= 0.6 is 0 Å². The predicted octanol–water partition coefficient (Wildman–Crippen LogP) is 4.73. The number of carbonyl (C=O) groups excluding carboxylic acids is 2. The number of piperidine rings is 1. The molecule has 1 aromatic carbocycles. The van der Waals surface area contributed by atoms with Gasteiger partial charge in [0.25, 0.3) is 0 Å². The minimum absolute atomic E-state index is 0.0140. The van der Waals surface area contributed by atoms with Crippen LogP contribution in [0.2, 0.25) is 0 Å². The highest BCUT2D eigenvalue weighted by Gasteiger charge is 2.39. The summed E-state index contributed by atoms with van der Waals surface area (Å²) in [7, 11) is 0. The van der Waals surface area contributed by atoms with E-state index in [0.717, 1.165) is 17.0 Å². The van der Waals surface area contributed by atoms with Crippen LogP contribution < -0.4 is 5.32 Å². The van der Waals surface area contributed by atoms with E-state index in [0.29, 0.717) is 38.2 Å². The Morgan fingerprint density at radius 1 is 1.25 bits per heavy atom. The SMILES string of the molecule is Cc1nc(CCC(=O)N[C@H]2CCN(C(=O)OC(C)(C)C)CC2(C)C)oc1-c1ccccc1. The summed E-state index contributed by atoms with van der Waals surface area (Å²) in [5.74, 6) is 1.28. The molecule has 2 amide bonds. The van der Waals surface area contributed by atoms with Crippen LogP contribution in [-0.4, -0.2) is 46.6 Å². The number of nitrogens with one attached hydrogen (secondary N) is 1. The van der Waals surface area contributed by atoms with Crippen molar-refractivity contribution < 1.29 is 18.7 Å². The molecule has 0 bridgehead atoms. The second-order valence-electron chi connectivity index (χ2n) is 10.2. The first-order valence-electron chi connectivity index (χ1n) is 11.2. The molecular weight excluding hydrogens is 406 g/mol. The quantitative estimate of drug-likeness (QED) is 0.725. The van der Waals surface area contributed by atoms with E-state index in [-0.39, 0.29) is 23.5 Å². The molecule has 174 valence electrons. The normalized spacial score (nSPS) is 18.3. The average molecular weight is 442 g/mol. The number of likely N-dealkylation sites (tertiary alicyclic amines) is 1. The zero-order valence-electron chi connectivity index (χ0n) is 20.0. The van der Waals surface area contributed by atoms with Gasteiger partial charge in [0, 0.05) is 43.0 Å². The van der Waals surface area contributed by atoms with Gasteiger partial charge in [-0.3, -0.25) is 4.79 Å². The highest BCUT2D eigenvalue weighted by molar-refractivity contribution is 5.76. The van der Waals surface area contributed by atoms with E-state index >= 15 is 0 Å². The van der Waals surface area contributed by atoms with Gasteiger partial charge in [0.05, 0.1) is 5.69 Å². The Morgan fingerprint density at radius 2 is 1.94 bits per heavy atom. The predicted molar refractivity (Wildman–Crippen MR) is 123 cm³/mol. The van der Waals surface area contributed by atoms with Gasteiger partial charge < -0.3 is 19.4 Å². The van der Waals surface area contributed by atoms with E-state index < -0.39 is 5.60 Å². The highest BCUT2D eigenvalue weighted by atomic mass is 16.6. The number of ether oxygens (including phenoxy) is 1. The van der Waals surface area contributed by atoms with Gasteiger partial charge in [-0.05, 0) is 34.1 Å². The fourth-order valence-electron chi connectivity index (χ4n) is 4.01. The van der Waals surface area contributed by atoms with Crippen LogP contribution in [0.4, 0.5) is 4.79 Å². The third kappa shape index (κ3) is 6.11. The van der Waals surface area contributed by atoms with Gasteiger partial charge in [0.2, 0.25) is 5.91 Å². The number of oxazole rings is 1. The Balaban J connectivity index is 1.53. The second-order valence-corrected chi connectivity index (χ2v) is 10.2. The summed E-state index contributed by atoms with van der Waals surface area (Å²) in [6.45, 7) is 12.7. The average Bonchev–Trinajstić information content (AvgIpc) is 3.07. The Labute approximate surface area is 190 Å². The maximum Gasteiger partial charge on any atom is 0.410 e. The molecule has 1 saturated heterocycles. The van der Waals surface area contributed by atoms with Crippen molar-refractivity contribution in [2.75, 3.05) is 13.1 Å². The smallest absolute Gasteiger partial charge is 0.410 e. The first-order valence-corrected chi connectivity index (χ1v) is 11.2. The first-order chi connectivity index (χ1) is 14.9. The van der Waals surface area contributed by atoms with Gasteiger partial charge >= 0.3 is 6.09 Å². The number of nitrogens with zero attached hydrogens (tertiary/aromatic N) is 2. The van der Waals surface area contributed by atoms with Crippen molar-refractivity contribution in [3.8, 4) is 11.3 Å². The lowest BCUT2D eigenvalue weighted by molar-refractivity contribution is -0.123. The molecule has 3 rings (SSSR count). The number of aryl methyl sites for hydroxylation is 2. The molecule has 1 aliphatic heterocycles. The lowest BCUT2D eigenvalue weighted by Crippen LogP contribution is -2.57. The molecule has 1 atom stereocenters. The van der Waals surface area contributed by atoms with Crippen molar-refractivity contribution in [1.29, 1.82) is 0 Å². The van der Waals surface area contributed by atoms with Crippen LogP contribution in [0, 0.1) is 12.3 Å². The minimum atomic E-state index is -0.523. The molecule has 0 saturated carbocycles. The molecule has 7 nitrogen and oxygen atoms in total. The third-order valence-electron chi connectivity index (χ3n) is 5.66. The molecule has 0 aliphatic carbocycles. The lowest BCUT2D eigenvalue weighted by atomic mass is 9.79. The summed E-state index contributed by atoms with van der Waals surface area (Å²) < 4.78 is 11.4. The van der Waals surface area contributed by atoms with Gasteiger partial charge in [-0.2, -0.15) is 0 Å². The summed E-state index contributed by atoms with van der Waals surface area (Å²) in [5, 5.41) is 3.15. The Bertz CT molecular complexity index is 944. The van der Waals surface area contributed by atoms with Crippen LogP contribution in [0.25, 0.3) is 11.3 Å². The van der Waals surface area contributed by atoms with E-state index in [9.17, 15) is 9.59 Å². The summed E-state index contributed by atoms with van der Waals surface area (Å²) >= 11 is 0. The van der Waals surface area contributed by atoms with Crippen LogP contribution in [0.15, 0.2) is 34.7 Å². The maximum atomic E-state index is 12.7. The van der Waals surface area contributed by atoms with E-state index in [4.69, 9.17) is 9.15 Å². The second kappa shape index (κ2) is 9.35. The monoisotopic (exact) mass is 441 g/mol. The summed E-state index contributed by atoms with van der Waals surface area (Å²) in [5.41, 5.74) is 1.02. The molecule has 1 fully saturated rings. The number of hydrogen-bond donors (Lipinski definition) is 1. The molecule has 2 heterocycles. The largest absolute Gasteiger partial charge is 0.444 e. The number of rotatable bonds is 5. The van der Waals surface area contributed by atoms with Crippen molar-refractivity contribution in [3.63, 3.8) is 0 Å².